The zero-order chi connectivity index (χ0) is 17.8. The molecular formula is C21H23ClN3+. The Labute approximate surface area is 154 Å². The molecule has 0 radical (unpaired) electrons. The van der Waals surface area contributed by atoms with Crippen LogP contribution in [-0.2, 0) is 5.41 Å². The molecule has 4 rings (SSSR count). The Bertz CT molecular complexity index is 897. The van der Waals surface area contributed by atoms with Crippen LogP contribution in [-0.4, -0.2) is 29.1 Å². The van der Waals surface area contributed by atoms with Crippen molar-refractivity contribution in [2.45, 2.75) is 38.6 Å². The second-order valence-corrected chi connectivity index (χ2v) is 7.91. The molecule has 1 unspecified atom stereocenters. The summed E-state index contributed by atoms with van der Waals surface area (Å²) >= 11 is 6.27. The number of hydrogen-bond donors (Lipinski definition) is 0. The van der Waals surface area contributed by atoms with Gasteiger partial charge < -0.3 is 0 Å². The van der Waals surface area contributed by atoms with E-state index >= 15 is 0 Å². The van der Waals surface area contributed by atoms with Crippen LogP contribution in [0.15, 0.2) is 53.6 Å². The summed E-state index contributed by atoms with van der Waals surface area (Å²) in [5, 5.41) is 7.94. The van der Waals surface area contributed by atoms with Gasteiger partial charge in [0, 0.05) is 23.1 Å². The summed E-state index contributed by atoms with van der Waals surface area (Å²) in [6.45, 7) is 6.76. The van der Waals surface area contributed by atoms with Crippen molar-refractivity contribution in [1.29, 1.82) is 0 Å². The molecule has 0 fully saturated rings. The van der Waals surface area contributed by atoms with E-state index in [1.54, 1.807) is 0 Å². The van der Waals surface area contributed by atoms with Gasteiger partial charge in [0.25, 0.3) is 0 Å². The lowest BCUT2D eigenvalue weighted by Gasteiger charge is -2.19. The summed E-state index contributed by atoms with van der Waals surface area (Å²) < 4.78 is 2.28. The van der Waals surface area contributed by atoms with Crippen molar-refractivity contribution in [3.8, 4) is 0 Å². The van der Waals surface area contributed by atoms with Crippen molar-refractivity contribution >= 4 is 34.4 Å². The summed E-state index contributed by atoms with van der Waals surface area (Å²) in [5.41, 5.74) is 5.96. The van der Waals surface area contributed by atoms with Crippen LogP contribution in [0.1, 0.15) is 32.8 Å². The van der Waals surface area contributed by atoms with Gasteiger partial charge in [-0.2, -0.15) is 9.68 Å². The molecule has 2 aromatic rings. The van der Waals surface area contributed by atoms with Gasteiger partial charge in [-0.3, -0.25) is 5.01 Å². The van der Waals surface area contributed by atoms with Crippen molar-refractivity contribution < 1.29 is 4.58 Å². The first-order valence-electron chi connectivity index (χ1n) is 8.73. The summed E-state index contributed by atoms with van der Waals surface area (Å²) in [7, 11) is 2.13. The first kappa shape index (κ1) is 16.3. The Morgan fingerprint density at radius 2 is 1.88 bits per heavy atom. The van der Waals surface area contributed by atoms with E-state index in [-0.39, 0.29) is 5.41 Å². The molecule has 0 saturated heterocycles. The van der Waals surface area contributed by atoms with Crippen LogP contribution in [0.25, 0.3) is 0 Å². The average Bonchev–Trinajstić information content (AvgIpc) is 3.04. The van der Waals surface area contributed by atoms with Gasteiger partial charge in [0.05, 0.1) is 17.1 Å². The third-order valence-electron chi connectivity index (χ3n) is 5.35. The molecule has 0 aromatic heterocycles. The lowest BCUT2D eigenvalue weighted by molar-refractivity contribution is -0.400. The standard InChI is InChI=1S/C21H23ClN3/c1-14-12-18(23-25(14)16-8-6-5-7-9-16)20-21(2,3)17-13-15(22)10-11-19(17)24(20)4/h5-11,13-14H,12H2,1-4H3/q+1. The Kier molecular flexibility index (Phi) is 3.73. The van der Waals surface area contributed by atoms with Gasteiger partial charge in [-0.05, 0) is 45.0 Å². The molecule has 2 aliphatic heterocycles. The summed E-state index contributed by atoms with van der Waals surface area (Å²) in [6.07, 6.45) is 0.944. The maximum absolute atomic E-state index is 6.27. The zero-order valence-corrected chi connectivity index (χ0v) is 15.9. The first-order valence-corrected chi connectivity index (χ1v) is 9.10. The SMILES string of the molecule is CC1CC(C2=[N+](C)c3ccc(Cl)cc3C2(C)C)=NN1c1ccccc1. The summed E-state index contributed by atoms with van der Waals surface area (Å²) in [5.74, 6) is 0. The monoisotopic (exact) mass is 352 g/mol. The number of fused-ring (bicyclic) bond motifs is 1. The molecule has 0 amide bonds. The number of benzene rings is 2. The van der Waals surface area contributed by atoms with E-state index in [9.17, 15) is 0 Å². The van der Waals surface area contributed by atoms with Gasteiger partial charge in [-0.25, -0.2) is 0 Å². The highest BCUT2D eigenvalue weighted by Gasteiger charge is 2.48. The number of rotatable bonds is 2. The second-order valence-electron chi connectivity index (χ2n) is 7.47. The molecular weight excluding hydrogens is 330 g/mol. The maximum atomic E-state index is 6.27. The van der Waals surface area contributed by atoms with Crippen molar-refractivity contribution in [2.24, 2.45) is 5.10 Å². The first-order chi connectivity index (χ1) is 11.9. The summed E-state index contributed by atoms with van der Waals surface area (Å²) in [6, 6.07) is 16.9. The number of para-hydroxylation sites is 1. The second kappa shape index (κ2) is 5.70. The minimum absolute atomic E-state index is 0.111. The molecule has 0 saturated carbocycles. The molecule has 0 aliphatic carbocycles. The molecule has 2 aliphatic rings. The lowest BCUT2D eigenvalue weighted by atomic mass is 9.79. The van der Waals surface area contributed by atoms with E-state index in [4.69, 9.17) is 16.7 Å². The zero-order valence-electron chi connectivity index (χ0n) is 15.1. The lowest BCUT2D eigenvalue weighted by Crippen LogP contribution is -2.35. The maximum Gasteiger partial charge on any atom is 0.215 e. The smallest absolute Gasteiger partial charge is 0.215 e. The summed E-state index contributed by atoms with van der Waals surface area (Å²) in [4.78, 5) is 0. The number of anilines is 1. The fourth-order valence-electron chi connectivity index (χ4n) is 4.20. The minimum atomic E-state index is -0.111. The molecule has 128 valence electrons. The Balaban J connectivity index is 1.79. The molecule has 4 heteroatoms. The molecule has 0 spiro atoms. The minimum Gasteiger partial charge on any atom is -0.262 e. The molecule has 2 aromatic carbocycles. The van der Waals surface area contributed by atoms with Gasteiger partial charge in [0.1, 0.15) is 12.8 Å². The van der Waals surface area contributed by atoms with Crippen LogP contribution in [0.4, 0.5) is 11.4 Å². The average molecular weight is 353 g/mol. The molecule has 25 heavy (non-hydrogen) atoms. The molecule has 0 bridgehead atoms. The van der Waals surface area contributed by atoms with Crippen molar-refractivity contribution in [3.05, 3.63) is 59.1 Å². The quantitative estimate of drug-likeness (QED) is 0.696. The number of nitrogens with zero attached hydrogens (tertiary/aromatic N) is 3. The Morgan fingerprint density at radius 1 is 1.16 bits per heavy atom. The van der Waals surface area contributed by atoms with Crippen LogP contribution in [0, 0.1) is 0 Å². The number of halogens is 1. The van der Waals surface area contributed by atoms with Gasteiger partial charge in [-0.15, -0.1) is 0 Å². The predicted molar refractivity (Wildman–Crippen MR) is 106 cm³/mol. The highest BCUT2D eigenvalue weighted by atomic mass is 35.5. The highest BCUT2D eigenvalue weighted by molar-refractivity contribution is 6.45. The molecule has 2 heterocycles. The molecule has 3 nitrogen and oxygen atoms in total. The van der Waals surface area contributed by atoms with Crippen LogP contribution >= 0.6 is 11.6 Å². The van der Waals surface area contributed by atoms with Crippen LogP contribution in [0.3, 0.4) is 0 Å². The fourth-order valence-corrected chi connectivity index (χ4v) is 4.37. The van der Waals surface area contributed by atoms with E-state index in [0.29, 0.717) is 6.04 Å². The molecule has 0 N–H and O–H groups in total. The van der Waals surface area contributed by atoms with Crippen LogP contribution in [0.2, 0.25) is 5.02 Å². The van der Waals surface area contributed by atoms with E-state index in [0.717, 1.165) is 22.8 Å². The largest absolute Gasteiger partial charge is 0.262 e. The normalized spacial score (nSPS) is 21.6. The molecule has 1 atom stereocenters. The Morgan fingerprint density at radius 3 is 2.60 bits per heavy atom. The topological polar surface area (TPSA) is 18.6 Å². The Hall–Kier alpha value is -2.13. The van der Waals surface area contributed by atoms with Crippen LogP contribution < -0.4 is 5.01 Å². The van der Waals surface area contributed by atoms with Gasteiger partial charge in [0.2, 0.25) is 11.4 Å². The van der Waals surface area contributed by atoms with E-state index in [1.165, 1.54) is 17.0 Å². The van der Waals surface area contributed by atoms with E-state index in [2.05, 4.69) is 73.8 Å². The highest BCUT2D eigenvalue weighted by Crippen LogP contribution is 2.42. The van der Waals surface area contributed by atoms with E-state index in [1.807, 2.05) is 12.1 Å². The van der Waals surface area contributed by atoms with Gasteiger partial charge in [-0.1, -0.05) is 29.8 Å². The predicted octanol–water partition coefficient (Wildman–Crippen LogP) is 5.00. The van der Waals surface area contributed by atoms with Gasteiger partial charge in [0.15, 0.2) is 0 Å². The van der Waals surface area contributed by atoms with E-state index < -0.39 is 0 Å². The van der Waals surface area contributed by atoms with Crippen molar-refractivity contribution in [1.82, 2.24) is 0 Å². The van der Waals surface area contributed by atoms with Gasteiger partial charge >= 0.3 is 0 Å². The third kappa shape index (κ3) is 2.49. The van der Waals surface area contributed by atoms with Crippen molar-refractivity contribution in [2.75, 3.05) is 12.1 Å². The fraction of sp³-hybridized carbons (Fsp3) is 0.333. The number of hydrazone groups is 1. The third-order valence-corrected chi connectivity index (χ3v) is 5.58. The van der Waals surface area contributed by atoms with Crippen molar-refractivity contribution in [3.63, 3.8) is 0 Å². The number of hydrogen-bond acceptors (Lipinski definition) is 2. The van der Waals surface area contributed by atoms with Crippen LogP contribution in [0.5, 0.6) is 0 Å².